The summed E-state index contributed by atoms with van der Waals surface area (Å²) in [4.78, 5) is 12.9. The van der Waals surface area contributed by atoms with Gasteiger partial charge >= 0.3 is 5.97 Å². The van der Waals surface area contributed by atoms with Gasteiger partial charge < -0.3 is 14.7 Å². The quantitative estimate of drug-likeness (QED) is 0.850. The number of ether oxygens (including phenoxy) is 1. The zero-order chi connectivity index (χ0) is 13.7. The molecule has 1 fully saturated rings. The second kappa shape index (κ2) is 6.68. The molecule has 1 atom stereocenters. The van der Waals surface area contributed by atoms with Crippen LogP contribution in [0.3, 0.4) is 0 Å². The van der Waals surface area contributed by atoms with Crippen LogP contribution >= 0.6 is 0 Å². The van der Waals surface area contributed by atoms with E-state index < -0.39 is 5.97 Å². The molecule has 1 aromatic rings. The van der Waals surface area contributed by atoms with Crippen LogP contribution in [0.5, 0.6) is 0 Å². The maximum absolute atomic E-state index is 10.6. The van der Waals surface area contributed by atoms with Gasteiger partial charge in [-0.05, 0) is 30.5 Å². The number of carboxylic acid groups (broad SMARTS) is 1. The summed E-state index contributed by atoms with van der Waals surface area (Å²) in [7, 11) is 2.11. The van der Waals surface area contributed by atoms with Crippen LogP contribution < -0.4 is 0 Å². The fourth-order valence-electron chi connectivity index (χ4n) is 2.48. The van der Waals surface area contributed by atoms with E-state index in [1.165, 1.54) is 5.56 Å². The zero-order valence-electron chi connectivity index (χ0n) is 11.3. The van der Waals surface area contributed by atoms with Gasteiger partial charge in [0.05, 0.1) is 13.0 Å². The maximum atomic E-state index is 10.6. The number of carboxylic acids is 1. The summed E-state index contributed by atoms with van der Waals surface area (Å²) in [5.74, 6) is -0.137. The van der Waals surface area contributed by atoms with E-state index in [-0.39, 0.29) is 6.42 Å². The average Bonchev–Trinajstić information content (AvgIpc) is 2.83. The Balaban J connectivity index is 1.82. The van der Waals surface area contributed by atoms with E-state index in [9.17, 15) is 4.79 Å². The Morgan fingerprint density at radius 1 is 1.37 bits per heavy atom. The minimum Gasteiger partial charge on any atom is -0.481 e. The lowest BCUT2D eigenvalue weighted by molar-refractivity contribution is -0.136. The third-order valence-corrected chi connectivity index (χ3v) is 3.42. The number of carbonyl (C=O) groups is 1. The topological polar surface area (TPSA) is 49.8 Å². The Morgan fingerprint density at radius 2 is 2.05 bits per heavy atom. The minimum atomic E-state index is -0.786. The molecule has 0 radical (unpaired) electrons. The number of nitrogens with zero attached hydrogens (tertiary/aromatic N) is 1. The van der Waals surface area contributed by atoms with Crippen LogP contribution in [0.25, 0.3) is 0 Å². The lowest BCUT2D eigenvalue weighted by atomic mass is 10.1. The van der Waals surface area contributed by atoms with Crippen molar-refractivity contribution >= 4 is 5.97 Å². The second-order valence-electron chi connectivity index (χ2n) is 5.31. The van der Waals surface area contributed by atoms with Gasteiger partial charge in [0.15, 0.2) is 0 Å². The molecule has 19 heavy (non-hydrogen) atoms. The molecule has 1 aromatic carbocycles. The monoisotopic (exact) mass is 263 g/mol. The number of benzene rings is 1. The fraction of sp³-hybridized carbons (Fsp3) is 0.533. The highest BCUT2D eigenvalue weighted by molar-refractivity contribution is 5.70. The molecule has 0 spiro atoms. The summed E-state index contributed by atoms with van der Waals surface area (Å²) in [6.45, 7) is 3.71. The number of rotatable bonds is 6. The molecule has 0 amide bonds. The van der Waals surface area contributed by atoms with E-state index in [2.05, 4.69) is 11.9 Å². The smallest absolute Gasteiger partial charge is 0.307 e. The van der Waals surface area contributed by atoms with Crippen molar-refractivity contribution in [3.63, 3.8) is 0 Å². The normalized spacial score (nSPS) is 18.9. The van der Waals surface area contributed by atoms with Crippen molar-refractivity contribution in [2.75, 3.05) is 26.8 Å². The summed E-state index contributed by atoms with van der Waals surface area (Å²) in [5, 5.41) is 8.72. The highest BCUT2D eigenvalue weighted by Crippen LogP contribution is 2.15. The molecule has 2 rings (SSSR count). The van der Waals surface area contributed by atoms with E-state index in [1.54, 1.807) is 0 Å². The van der Waals surface area contributed by atoms with Gasteiger partial charge in [0.1, 0.15) is 0 Å². The standard InChI is InChI=1S/C15H21NO3/c1-16(10-14-6-7-19-11-14)9-13-4-2-12(3-5-13)8-15(17)18/h2-5,14H,6-11H2,1H3,(H,17,18)/t14-/m1/s1. The van der Waals surface area contributed by atoms with Gasteiger partial charge in [-0.15, -0.1) is 0 Å². The van der Waals surface area contributed by atoms with E-state index in [4.69, 9.17) is 9.84 Å². The molecule has 1 aliphatic rings. The fourth-order valence-corrected chi connectivity index (χ4v) is 2.48. The van der Waals surface area contributed by atoms with E-state index >= 15 is 0 Å². The number of hydrogen-bond acceptors (Lipinski definition) is 3. The molecule has 0 unspecified atom stereocenters. The molecule has 1 saturated heterocycles. The summed E-state index contributed by atoms with van der Waals surface area (Å²) in [6, 6.07) is 7.83. The van der Waals surface area contributed by atoms with Gasteiger partial charge in [-0.1, -0.05) is 24.3 Å². The van der Waals surface area contributed by atoms with E-state index in [1.807, 2.05) is 24.3 Å². The molecular formula is C15H21NO3. The van der Waals surface area contributed by atoms with Crippen molar-refractivity contribution in [1.29, 1.82) is 0 Å². The molecule has 104 valence electrons. The molecule has 4 heteroatoms. The van der Waals surface area contributed by atoms with Crippen LogP contribution in [0.1, 0.15) is 17.5 Å². The van der Waals surface area contributed by atoms with Gasteiger partial charge in [0, 0.05) is 19.7 Å². The molecule has 0 aliphatic carbocycles. The maximum Gasteiger partial charge on any atom is 0.307 e. The Hall–Kier alpha value is -1.39. The molecule has 0 aromatic heterocycles. The predicted molar refractivity (Wildman–Crippen MR) is 73.0 cm³/mol. The Bertz CT molecular complexity index is 410. The largest absolute Gasteiger partial charge is 0.481 e. The lowest BCUT2D eigenvalue weighted by Crippen LogP contribution is -2.25. The molecule has 1 heterocycles. The van der Waals surface area contributed by atoms with Crippen LogP contribution in [-0.2, 0) is 22.5 Å². The first kappa shape index (κ1) is 14.0. The predicted octanol–water partition coefficient (Wildman–Crippen LogP) is 1.78. The number of hydrogen-bond donors (Lipinski definition) is 1. The molecule has 4 nitrogen and oxygen atoms in total. The van der Waals surface area contributed by atoms with Crippen molar-refractivity contribution in [3.8, 4) is 0 Å². The molecule has 0 bridgehead atoms. The van der Waals surface area contributed by atoms with Crippen molar-refractivity contribution in [3.05, 3.63) is 35.4 Å². The van der Waals surface area contributed by atoms with E-state index in [0.29, 0.717) is 5.92 Å². The summed E-state index contributed by atoms with van der Waals surface area (Å²) >= 11 is 0. The molecule has 0 saturated carbocycles. The van der Waals surface area contributed by atoms with Gasteiger partial charge in [-0.25, -0.2) is 0 Å². The van der Waals surface area contributed by atoms with Crippen molar-refractivity contribution < 1.29 is 14.6 Å². The average molecular weight is 263 g/mol. The van der Waals surface area contributed by atoms with Gasteiger partial charge in [-0.2, -0.15) is 0 Å². The molecule has 1 aliphatic heterocycles. The van der Waals surface area contributed by atoms with Gasteiger partial charge in [0.25, 0.3) is 0 Å². The highest BCUT2D eigenvalue weighted by atomic mass is 16.5. The summed E-state index contributed by atoms with van der Waals surface area (Å²) in [6.07, 6.45) is 1.25. The Labute approximate surface area is 114 Å². The van der Waals surface area contributed by atoms with Crippen LogP contribution in [0.4, 0.5) is 0 Å². The van der Waals surface area contributed by atoms with Crippen LogP contribution in [-0.4, -0.2) is 42.8 Å². The second-order valence-corrected chi connectivity index (χ2v) is 5.31. The van der Waals surface area contributed by atoms with Crippen LogP contribution in [0.15, 0.2) is 24.3 Å². The third-order valence-electron chi connectivity index (χ3n) is 3.42. The van der Waals surface area contributed by atoms with Gasteiger partial charge in [-0.3, -0.25) is 4.79 Å². The Morgan fingerprint density at radius 3 is 2.63 bits per heavy atom. The van der Waals surface area contributed by atoms with Crippen LogP contribution in [0.2, 0.25) is 0 Å². The van der Waals surface area contributed by atoms with Crippen LogP contribution in [0, 0.1) is 5.92 Å². The molecule has 1 N–H and O–H groups in total. The van der Waals surface area contributed by atoms with Gasteiger partial charge in [0.2, 0.25) is 0 Å². The summed E-state index contributed by atoms with van der Waals surface area (Å²) < 4.78 is 5.38. The first-order valence-corrected chi connectivity index (χ1v) is 6.69. The lowest BCUT2D eigenvalue weighted by Gasteiger charge is -2.20. The SMILES string of the molecule is CN(Cc1ccc(CC(=O)O)cc1)C[C@H]1CCOC1. The van der Waals surface area contributed by atoms with Crippen molar-refractivity contribution in [1.82, 2.24) is 4.90 Å². The highest BCUT2D eigenvalue weighted by Gasteiger charge is 2.17. The first-order valence-electron chi connectivity index (χ1n) is 6.69. The molecular weight excluding hydrogens is 242 g/mol. The Kier molecular flexibility index (Phi) is 4.93. The number of aliphatic carboxylic acids is 1. The summed E-state index contributed by atoms with van der Waals surface area (Å²) in [5.41, 5.74) is 2.07. The van der Waals surface area contributed by atoms with E-state index in [0.717, 1.165) is 38.3 Å². The van der Waals surface area contributed by atoms with Crippen molar-refractivity contribution in [2.45, 2.75) is 19.4 Å². The third kappa shape index (κ3) is 4.65. The minimum absolute atomic E-state index is 0.0928. The van der Waals surface area contributed by atoms with Crippen molar-refractivity contribution in [2.24, 2.45) is 5.92 Å². The first-order chi connectivity index (χ1) is 9.13. The zero-order valence-corrected chi connectivity index (χ0v) is 11.3.